The third-order valence-corrected chi connectivity index (χ3v) is 5.71. The summed E-state index contributed by atoms with van der Waals surface area (Å²) in [5, 5.41) is 9.57. The van der Waals surface area contributed by atoms with Gasteiger partial charge in [0.05, 0.1) is 5.02 Å². The number of carbonyl (C=O) groups excluding carboxylic acids is 1. The van der Waals surface area contributed by atoms with Gasteiger partial charge in [0, 0.05) is 44.2 Å². The molecule has 7 heteroatoms. The van der Waals surface area contributed by atoms with Gasteiger partial charge in [0.2, 0.25) is 5.91 Å². The highest BCUT2D eigenvalue weighted by molar-refractivity contribution is 6.30. The van der Waals surface area contributed by atoms with Crippen molar-refractivity contribution in [3.05, 3.63) is 23.4 Å². The summed E-state index contributed by atoms with van der Waals surface area (Å²) < 4.78 is 0. The Hall–Kier alpha value is -1.82. The van der Waals surface area contributed by atoms with E-state index in [1.54, 1.807) is 6.20 Å². The van der Waals surface area contributed by atoms with Gasteiger partial charge in [0.25, 0.3) is 0 Å². The van der Waals surface area contributed by atoms with Crippen LogP contribution in [0.2, 0.25) is 5.02 Å². The van der Waals surface area contributed by atoms with Crippen LogP contribution in [0.5, 0.6) is 0 Å². The Kier molecular flexibility index (Phi) is 6.35. The van der Waals surface area contributed by atoms with Gasteiger partial charge in [-0.3, -0.25) is 9.59 Å². The Balaban J connectivity index is 1.56. The van der Waals surface area contributed by atoms with Gasteiger partial charge in [-0.2, -0.15) is 0 Å². The third-order valence-electron chi connectivity index (χ3n) is 5.48. The Labute approximate surface area is 159 Å². The molecule has 0 aromatic carbocycles. The van der Waals surface area contributed by atoms with E-state index in [1.165, 1.54) is 0 Å². The summed E-state index contributed by atoms with van der Waals surface area (Å²) in [6, 6.07) is 3.84. The average Bonchev–Trinajstić information content (AvgIpc) is 2.67. The molecule has 0 bridgehead atoms. The molecule has 0 unspecified atom stereocenters. The fraction of sp³-hybridized carbons (Fsp3) is 0.632. The molecule has 1 aromatic heterocycles. The number of nitrogens with zero attached hydrogens (tertiary/aromatic N) is 3. The summed E-state index contributed by atoms with van der Waals surface area (Å²) in [5.74, 6) is 0.358. The number of carboxylic acid groups (broad SMARTS) is 1. The first-order valence-electron chi connectivity index (χ1n) is 9.43. The molecule has 0 radical (unpaired) electrons. The zero-order valence-corrected chi connectivity index (χ0v) is 15.7. The second kappa shape index (κ2) is 8.71. The number of carbonyl (C=O) groups is 2. The lowest BCUT2D eigenvalue weighted by Crippen LogP contribution is -2.49. The molecule has 2 aliphatic heterocycles. The molecule has 0 saturated carbocycles. The molecule has 142 valence electrons. The molecule has 26 heavy (non-hydrogen) atoms. The predicted molar refractivity (Wildman–Crippen MR) is 100 cm³/mol. The number of aliphatic carboxylic acids is 1. The number of aromatic nitrogens is 1. The zero-order valence-electron chi connectivity index (χ0n) is 14.9. The van der Waals surface area contributed by atoms with Gasteiger partial charge >= 0.3 is 5.97 Å². The molecule has 2 aliphatic rings. The molecule has 1 atom stereocenters. The second-order valence-corrected chi connectivity index (χ2v) is 7.65. The van der Waals surface area contributed by atoms with Crippen molar-refractivity contribution in [3.63, 3.8) is 0 Å². The minimum absolute atomic E-state index is 0.0315. The lowest BCUT2D eigenvalue weighted by atomic mass is 9.91. The Morgan fingerprint density at radius 1 is 1.15 bits per heavy atom. The van der Waals surface area contributed by atoms with Gasteiger partial charge in [-0.1, -0.05) is 11.6 Å². The quantitative estimate of drug-likeness (QED) is 0.850. The van der Waals surface area contributed by atoms with Crippen LogP contribution in [0.25, 0.3) is 0 Å². The summed E-state index contributed by atoms with van der Waals surface area (Å²) >= 11 is 5.89. The maximum Gasteiger partial charge on any atom is 0.303 e. The number of pyridine rings is 1. The summed E-state index contributed by atoms with van der Waals surface area (Å²) in [4.78, 5) is 32.4. The van der Waals surface area contributed by atoms with Crippen LogP contribution >= 0.6 is 11.6 Å². The molecule has 0 spiro atoms. The molecule has 1 N–H and O–H groups in total. The molecule has 2 saturated heterocycles. The van der Waals surface area contributed by atoms with Crippen molar-refractivity contribution in [2.45, 2.75) is 51.0 Å². The van der Waals surface area contributed by atoms with E-state index in [1.807, 2.05) is 17.0 Å². The van der Waals surface area contributed by atoms with Crippen LogP contribution in [-0.4, -0.2) is 52.5 Å². The maximum absolute atomic E-state index is 13.0. The van der Waals surface area contributed by atoms with E-state index in [0.717, 1.165) is 57.6 Å². The smallest absolute Gasteiger partial charge is 0.303 e. The van der Waals surface area contributed by atoms with Crippen molar-refractivity contribution in [3.8, 4) is 0 Å². The molecule has 2 fully saturated rings. The van der Waals surface area contributed by atoms with Crippen LogP contribution in [0.3, 0.4) is 0 Å². The van der Waals surface area contributed by atoms with Crippen LogP contribution < -0.4 is 4.90 Å². The standard InChI is InChI=1S/C19H26ClN3O3/c20-15-4-6-17(21-13-15)22-11-8-14(9-12-22)19(26)23-10-2-1-3-16(23)5-7-18(24)25/h4,6,13-14,16H,1-3,5,7-12H2,(H,24,25)/t16-/m1/s1. The van der Waals surface area contributed by atoms with Crippen LogP contribution in [0.15, 0.2) is 18.3 Å². The van der Waals surface area contributed by atoms with Gasteiger partial charge in [-0.15, -0.1) is 0 Å². The van der Waals surface area contributed by atoms with Gasteiger partial charge < -0.3 is 14.9 Å². The number of anilines is 1. The van der Waals surface area contributed by atoms with Crippen LogP contribution in [0.1, 0.15) is 44.9 Å². The van der Waals surface area contributed by atoms with Crippen molar-refractivity contribution >= 4 is 29.3 Å². The summed E-state index contributed by atoms with van der Waals surface area (Å²) in [6.07, 6.45) is 6.99. The van der Waals surface area contributed by atoms with E-state index in [4.69, 9.17) is 16.7 Å². The first kappa shape index (κ1) is 19.0. The topological polar surface area (TPSA) is 73.7 Å². The second-order valence-electron chi connectivity index (χ2n) is 7.21. The number of carboxylic acids is 1. The van der Waals surface area contributed by atoms with Gasteiger partial charge in [0.15, 0.2) is 0 Å². The summed E-state index contributed by atoms with van der Waals surface area (Å²) in [5.41, 5.74) is 0. The number of hydrogen-bond donors (Lipinski definition) is 1. The minimum Gasteiger partial charge on any atom is -0.481 e. The molecule has 0 aliphatic carbocycles. The van der Waals surface area contributed by atoms with Crippen LogP contribution in [0, 0.1) is 5.92 Å². The normalized spacial score (nSPS) is 21.7. The lowest BCUT2D eigenvalue weighted by Gasteiger charge is -2.40. The number of rotatable bonds is 5. The van der Waals surface area contributed by atoms with E-state index in [2.05, 4.69) is 9.88 Å². The van der Waals surface area contributed by atoms with Gasteiger partial charge in [0.1, 0.15) is 5.82 Å². The van der Waals surface area contributed by atoms with Gasteiger partial charge in [-0.25, -0.2) is 4.98 Å². The first-order chi connectivity index (χ1) is 12.5. The molecule has 1 aromatic rings. The van der Waals surface area contributed by atoms with E-state index >= 15 is 0 Å². The first-order valence-corrected chi connectivity index (χ1v) is 9.81. The number of hydrogen-bond acceptors (Lipinski definition) is 4. The molecule has 6 nitrogen and oxygen atoms in total. The monoisotopic (exact) mass is 379 g/mol. The van der Waals surface area contributed by atoms with Gasteiger partial charge in [-0.05, 0) is 50.7 Å². The Morgan fingerprint density at radius 2 is 1.92 bits per heavy atom. The van der Waals surface area contributed by atoms with E-state index in [9.17, 15) is 9.59 Å². The van der Waals surface area contributed by atoms with Crippen LogP contribution in [-0.2, 0) is 9.59 Å². The molecular formula is C19H26ClN3O3. The highest BCUT2D eigenvalue weighted by atomic mass is 35.5. The Morgan fingerprint density at radius 3 is 2.58 bits per heavy atom. The average molecular weight is 380 g/mol. The van der Waals surface area contributed by atoms with Crippen molar-refractivity contribution < 1.29 is 14.7 Å². The predicted octanol–water partition coefficient (Wildman–Crippen LogP) is 3.20. The Bertz CT molecular complexity index is 629. The fourth-order valence-electron chi connectivity index (χ4n) is 4.03. The molecule has 1 amide bonds. The van der Waals surface area contributed by atoms with Crippen molar-refractivity contribution in [1.82, 2.24) is 9.88 Å². The van der Waals surface area contributed by atoms with Crippen molar-refractivity contribution in [2.24, 2.45) is 5.92 Å². The SMILES string of the molecule is O=C(O)CC[C@H]1CCCCN1C(=O)C1CCN(c2ccc(Cl)cn2)CC1. The molecule has 3 heterocycles. The highest BCUT2D eigenvalue weighted by Crippen LogP contribution is 2.28. The third kappa shape index (κ3) is 4.67. The van der Waals surface area contributed by atoms with E-state index < -0.39 is 5.97 Å². The number of piperidine rings is 2. The van der Waals surface area contributed by atoms with Crippen LogP contribution in [0.4, 0.5) is 5.82 Å². The zero-order chi connectivity index (χ0) is 18.5. The summed E-state index contributed by atoms with van der Waals surface area (Å²) in [6.45, 7) is 2.37. The largest absolute Gasteiger partial charge is 0.481 e. The molecule has 3 rings (SSSR count). The number of likely N-dealkylation sites (tertiary alicyclic amines) is 1. The van der Waals surface area contributed by atoms with E-state index in [0.29, 0.717) is 11.4 Å². The van der Waals surface area contributed by atoms with Crippen molar-refractivity contribution in [2.75, 3.05) is 24.5 Å². The van der Waals surface area contributed by atoms with Crippen molar-refractivity contribution in [1.29, 1.82) is 0 Å². The maximum atomic E-state index is 13.0. The number of amides is 1. The molecular weight excluding hydrogens is 354 g/mol. The number of halogens is 1. The fourth-order valence-corrected chi connectivity index (χ4v) is 4.14. The minimum atomic E-state index is -0.785. The highest BCUT2D eigenvalue weighted by Gasteiger charge is 2.33. The lowest BCUT2D eigenvalue weighted by molar-refractivity contribution is -0.142. The summed E-state index contributed by atoms with van der Waals surface area (Å²) in [7, 11) is 0. The van der Waals surface area contributed by atoms with E-state index in [-0.39, 0.29) is 24.3 Å².